The maximum Gasteiger partial charge on any atom is 0.251 e. The van der Waals surface area contributed by atoms with Crippen LogP contribution in [0.4, 0.5) is 5.00 Å². The van der Waals surface area contributed by atoms with Crippen molar-refractivity contribution in [1.29, 1.82) is 0 Å². The number of rotatable bonds is 5. The van der Waals surface area contributed by atoms with Gasteiger partial charge in [-0.15, -0.1) is 21.5 Å². The van der Waals surface area contributed by atoms with Crippen LogP contribution in [-0.4, -0.2) is 27.3 Å². The summed E-state index contributed by atoms with van der Waals surface area (Å²) in [7, 11) is 0. The van der Waals surface area contributed by atoms with E-state index >= 15 is 0 Å². The lowest BCUT2D eigenvalue weighted by atomic mass is 10.3. The van der Waals surface area contributed by atoms with Crippen LogP contribution in [0.2, 0.25) is 0 Å². The molecular weight excluding hydrogens is 304 g/mol. The van der Waals surface area contributed by atoms with E-state index in [-0.39, 0.29) is 11.2 Å². The molecule has 2 aromatic heterocycles. The second-order valence-electron chi connectivity index (χ2n) is 3.48. The lowest BCUT2D eigenvalue weighted by molar-refractivity contribution is -0.115. The first-order valence-corrected chi connectivity index (χ1v) is 7.83. The highest BCUT2D eigenvalue weighted by molar-refractivity contribution is 8.02. The summed E-state index contributed by atoms with van der Waals surface area (Å²) in [6, 6.07) is 1.59. The second kappa shape index (κ2) is 6.13. The van der Waals surface area contributed by atoms with E-state index in [0.29, 0.717) is 10.6 Å². The highest BCUT2D eigenvalue weighted by Crippen LogP contribution is 2.27. The topological polar surface area (TPSA) is 98.0 Å². The number of nitrogens with one attached hydrogen (secondary N) is 1. The fraction of sp³-hybridized carbons (Fsp3) is 0.200. The predicted octanol–water partition coefficient (Wildman–Crippen LogP) is 1.82. The first-order valence-electron chi connectivity index (χ1n) is 5.19. The Kier molecular flexibility index (Phi) is 4.51. The van der Waals surface area contributed by atoms with Crippen LogP contribution in [0.25, 0.3) is 0 Å². The molecular formula is C10H10N4O2S3. The van der Waals surface area contributed by atoms with Crippen molar-refractivity contribution in [3.8, 4) is 0 Å². The summed E-state index contributed by atoms with van der Waals surface area (Å²) in [6.07, 6.45) is 0. The van der Waals surface area contributed by atoms with Gasteiger partial charge in [-0.2, -0.15) is 0 Å². The maximum atomic E-state index is 12.0. The smallest absolute Gasteiger partial charge is 0.251 e. The zero-order valence-electron chi connectivity index (χ0n) is 9.82. The summed E-state index contributed by atoms with van der Waals surface area (Å²) in [4.78, 5) is 23.1. The minimum absolute atomic E-state index is 0.204. The molecule has 0 aliphatic heterocycles. The van der Waals surface area contributed by atoms with Gasteiger partial charge in [-0.1, -0.05) is 23.1 Å². The van der Waals surface area contributed by atoms with E-state index in [1.807, 2.05) is 0 Å². The quantitative estimate of drug-likeness (QED) is 0.820. The van der Waals surface area contributed by atoms with Gasteiger partial charge in [0, 0.05) is 0 Å². The SMILES string of the molecule is CC(Sc1nncs1)C(=O)Nc1sccc1C(N)=O. The molecule has 6 nitrogen and oxygen atoms in total. The summed E-state index contributed by atoms with van der Waals surface area (Å²) < 4.78 is 0.726. The third-order valence-electron chi connectivity index (χ3n) is 2.15. The number of primary amides is 1. The number of anilines is 1. The van der Waals surface area contributed by atoms with Crippen molar-refractivity contribution in [2.45, 2.75) is 16.5 Å². The van der Waals surface area contributed by atoms with Gasteiger partial charge < -0.3 is 11.1 Å². The maximum absolute atomic E-state index is 12.0. The minimum Gasteiger partial charge on any atom is -0.366 e. The number of thiophene rings is 1. The predicted molar refractivity (Wildman–Crippen MR) is 76.7 cm³/mol. The summed E-state index contributed by atoms with van der Waals surface area (Å²) in [5.41, 5.74) is 7.15. The fourth-order valence-electron chi connectivity index (χ4n) is 1.23. The zero-order valence-corrected chi connectivity index (χ0v) is 12.3. The Morgan fingerprint density at radius 3 is 2.89 bits per heavy atom. The molecule has 0 aromatic carbocycles. The summed E-state index contributed by atoms with van der Waals surface area (Å²) in [5, 5.41) is 12.1. The monoisotopic (exact) mass is 314 g/mol. The first kappa shape index (κ1) is 14.0. The summed E-state index contributed by atoms with van der Waals surface area (Å²) in [5.74, 6) is -0.758. The van der Waals surface area contributed by atoms with Crippen molar-refractivity contribution in [3.63, 3.8) is 0 Å². The van der Waals surface area contributed by atoms with Gasteiger partial charge in [-0.3, -0.25) is 9.59 Å². The van der Waals surface area contributed by atoms with E-state index in [9.17, 15) is 9.59 Å². The standard InChI is InChI=1S/C10H10N4O2S3/c1-5(19-10-14-12-4-18-10)8(16)13-9-6(7(11)15)2-3-17-9/h2-5H,1H3,(H2,11,15)(H,13,16). The van der Waals surface area contributed by atoms with Crippen molar-refractivity contribution in [1.82, 2.24) is 10.2 Å². The molecule has 0 aliphatic carbocycles. The largest absolute Gasteiger partial charge is 0.366 e. The highest BCUT2D eigenvalue weighted by Gasteiger charge is 2.19. The molecule has 0 bridgehead atoms. The summed E-state index contributed by atoms with van der Waals surface area (Å²) in [6.45, 7) is 1.76. The zero-order chi connectivity index (χ0) is 13.8. The Balaban J connectivity index is 2.00. The molecule has 0 saturated carbocycles. The Morgan fingerprint density at radius 1 is 1.47 bits per heavy atom. The molecule has 3 N–H and O–H groups in total. The number of carbonyl (C=O) groups excluding carboxylic acids is 2. The Bertz CT molecular complexity index is 581. The third-order valence-corrected chi connectivity index (χ3v) is 4.90. The van der Waals surface area contributed by atoms with E-state index in [4.69, 9.17) is 5.73 Å². The van der Waals surface area contributed by atoms with Gasteiger partial charge >= 0.3 is 0 Å². The van der Waals surface area contributed by atoms with Gasteiger partial charge in [0.2, 0.25) is 5.91 Å². The average Bonchev–Trinajstić information content (AvgIpc) is 2.99. The van der Waals surface area contributed by atoms with Gasteiger partial charge in [-0.25, -0.2) is 0 Å². The lowest BCUT2D eigenvalue weighted by Gasteiger charge is -2.09. The van der Waals surface area contributed by atoms with E-state index in [2.05, 4.69) is 15.5 Å². The molecule has 0 radical (unpaired) electrons. The van der Waals surface area contributed by atoms with Crippen molar-refractivity contribution in [2.24, 2.45) is 5.73 Å². The lowest BCUT2D eigenvalue weighted by Crippen LogP contribution is -2.23. The van der Waals surface area contributed by atoms with Crippen LogP contribution in [-0.2, 0) is 4.79 Å². The molecule has 1 atom stereocenters. The third kappa shape index (κ3) is 3.52. The number of amides is 2. The normalized spacial score (nSPS) is 12.1. The number of hydrogen-bond donors (Lipinski definition) is 2. The molecule has 0 fully saturated rings. The molecule has 9 heteroatoms. The van der Waals surface area contributed by atoms with Crippen LogP contribution in [0.3, 0.4) is 0 Å². The molecule has 0 spiro atoms. The van der Waals surface area contributed by atoms with Crippen LogP contribution in [0.1, 0.15) is 17.3 Å². The van der Waals surface area contributed by atoms with Crippen LogP contribution < -0.4 is 11.1 Å². The highest BCUT2D eigenvalue weighted by atomic mass is 32.2. The minimum atomic E-state index is -0.555. The van der Waals surface area contributed by atoms with Gasteiger partial charge in [0.1, 0.15) is 10.5 Å². The van der Waals surface area contributed by atoms with E-state index in [0.717, 1.165) is 4.34 Å². The number of nitrogens with zero attached hydrogens (tertiary/aromatic N) is 2. The first-order chi connectivity index (χ1) is 9.08. The second-order valence-corrected chi connectivity index (χ2v) is 6.82. The molecule has 2 amide bonds. The number of thioether (sulfide) groups is 1. The average molecular weight is 314 g/mol. The Hall–Kier alpha value is -1.45. The molecule has 1 unspecified atom stereocenters. The van der Waals surface area contributed by atoms with Crippen molar-refractivity contribution in [2.75, 3.05) is 5.32 Å². The van der Waals surface area contributed by atoms with Gasteiger partial charge in [0.15, 0.2) is 4.34 Å². The van der Waals surface area contributed by atoms with E-state index < -0.39 is 5.91 Å². The van der Waals surface area contributed by atoms with Crippen molar-refractivity contribution in [3.05, 3.63) is 22.5 Å². The molecule has 2 aromatic rings. The van der Waals surface area contributed by atoms with E-state index in [1.165, 1.54) is 34.4 Å². The van der Waals surface area contributed by atoms with Crippen LogP contribution in [0.5, 0.6) is 0 Å². The summed E-state index contributed by atoms with van der Waals surface area (Å²) >= 11 is 3.95. The van der Waals surface area contributed by atoms with Gasteiger partial charge in [-0.05, 0) is 18.4 Å². The Labute approximate surface area is 121 Å². The molecule has 19 heavy (non-hydrogen) atoms. The van der Waals surface area contributed by atoms with Crippen molar-refractivity contribution < 1.29 is 9.59 Å². The molecule has 2 rings (SSSR count). The fourth-order valence-corrected chi connectivity index (χ4v) is 3.65. The van der Waals surface area contributed by atoms with Crippen LogP contribution >= 0.6 is 34.4 Å². The van der Waals surface area contributed by atoms with Gasteiger partial charge in [0.05, 0.1) is 10.8 Å². The molecule has 2 heterocycles. The van der Waals surface area contributed by atoms with Crippen LogP contribution in [0.15, 0.2) is 21.3 Å². The molecule has 0 aliphatic rings. The van der Waals surface area contributed by atoms with E-state index in [1.54, 1.807) is 23.9 Å². The number of nitrogens with two attached hydrogens (primary N) is 1. The van der Waals surface area contributed by atoms with Gasteiger partial charge in [0.25, 0.3) is 5.91 Å². The number of carbonyl (C=O) groups is 2. The molecule has 100 valence electrons. The Morgan fingerprint density at radius 2 is 2.26 bits per heavy atom. The number of aromatic nitrogens is 2. The molecule has 0 saturated heterocycles. The van der Waals surface area contributed by atoms with Crippen LogP contribution in [0, 0.1) is 0 Å². The number of hydrogen-bond acceptors (Lipinski definition) is 7. The van der Waals surface area contributed by atoms with Crippen molar-refractivity contribution >= 4 is 51.3 Å².